The van der Waals surface area contributed by atoms with Crippen LogP contribution in [-0.2, 0) is 19.1 Å². The van der Waals surface area contributed by atoms with Crippen molar-refractivity contribution in [3.63, 3.8) is 0 Å². The fourth-order valence-electron chi connectivity index (χ4n) is 13.0. The van der Waals surface area contributed by atoms with Gasteiger partial charge in [0.05, 0.1) is 44.1 Å². The second-order valence-corrected chi connectivity index (χ2v) is 17.2. The summed E-state index contributed by atoms with van der Waals surface area (Å²) in [6.07, 6.45) is 9.48. The van der Waals surface area contributed by atoms with E-state index >= 15 is 0 Å². The average molecular weight is 635 g/mol. The molecular formula is C39H54O7. The number of aliphatic hydroxyl groups excluding tert-OH is 2. The maximum atomic E-state index is 13.3. The molecule has 0 radical (unpaired) electrons. The van der Waals surface area contributed by atoms with Crippen molar-refractivity contribution in [2.75, 3.05) is 20.3 Å². The molecule has 46 heavy (non-hydrogen) atoms. The molecule has 0 amide bonds. The molecule has 4 saturated carbocycles. The number of hydrogen-bond donors (Lipinski definition) is 3. The molecule has 5 fully saturated rings. The lowest BCUT2D eigenvalue weighted by molar-refractivity contribution is -0.225. The van der Waals surface area contributed by atoms with Gasteiger partial charge in [-0.2, -0.15) is 0 Å². The van der Waals surface area contributed by atoms with E-state index in [4.69, 9.17) is 9.47 Å². The number of carbonyl (C=O) groups is 2. The highest BCUT2D eigenvalue weighted by atomic mass is 16.5. The number of aliphatic hydroxyl groups is 3. The van der Waals surface area contributed by atoms with Crippen molar-refractivity contribution in [2.24, 2.45) is 50.7 Å². The van der Waals surface area contributed by atoms with Crippen molar-refractivity contribution in [3.8, 4) is 0 Å². The Morgan fingerprint density at radius 1 is 1.11 bits per heavy atom. The number of Topliss-reactive ketones (excluding diaryl/α,β-unsaturated/α-hetero) is 1. The molecule has 1 aromatic rings. The van der Waals surface area contributed by atoms with Gasteiger partial charge in [0.25, 0.3) is 0 Å². The van der Waals surface area contributed by atoms with Gasteiger partial charge < -0.3 is 24.8 Å². The van der Waals surface area contributed by atoms with Gasteiger partial charge in [-0.25, -0.2) is 0 Å². The van der Waals surface area contributed by atoms with Crippen molar-refractivity contribution in [2.45, 2.75) is 110 Å². The zero-order chi connectivity index (χ0) is 32.9. The van der Waals surface area contributed by atoms with Gasteiger partial charge in [0.2, 0.25) is 0 Å². The van der Waals surface area contributed by atoms with Gasteiger partial charge in [0, 0.05) is 23.7 Å². The van der Waals surface area contributed by atoms with E-state index in [0.29, 0.717) is 18.4 Å². The third kappa shape index (κ3) is 4.29. The molecule has 5 aliphatic carbocycles. The summed E-state index contributed by atoms with van der Waals surface area (Å²) < 4.78 is 11.9. The summed E-state index contributed by atoms with van der Waals surface area (Å²) in [6.45, 7) is 8.86. The molecule has 0 spiro atoms. The first kappa shape index (κ1) is 32.5. The van der Waals surface area contributed by atoms with Crippen LogP contribution in [0, 0.1) is 50.7 Å². The molecule has 1 aromatic carbocycles. The van der Waals surface area contributed by atoms with Crippen molar-refractivity contribution >= 4 is 11.8 Å². The summed E-state index contributed by atoms with van der Waals surface area (Å²) in [5, 5.41) is 32.3. The fourth-order valence-corrected chi connectivity index (χ4v) is 13.0. The molecule has 7 heteroatoms. The molecule has 3 N–H and O–H groups in total. The van der Waals surface area contributed by atoms with Crippen molar-refractivity contribution in [1.82, 2.24) is 0 Å². The predicted octanol–water partition coefficient (Wildman–Crippen LogP) is 5.96. The van der Waals surface area contributed by atoms with Crippen molar-refractivity contribution in [3.05, 3.63) is 47.5 Å². The highest BCUT2D eigenvalue weighted by Crippen LogP contribution is 2.90. The Morgan fingerprint density at radius 3 is 2.54 bits per heavy atom. The first-order valence-electron chi connectivity index (χ1n) is 17.7. The second-order valence-electron chi connectivity index (χ2n) is 17.2. The molecule has 12 atom stereocenters. The van der Waals surface area contributed by atoms with Crippen molar-refractivity contribution in [1.29, 1.82) is 0 Å². The minimum Gasteiger partial charge on any atom is -0.469 e. The Balaban J connectivity index is 1.17. The van der Waals surface area contributed by atoms with E-state index in [-0.39, 0.29) is 63.7 Å². The number of benzene rings is 1. The predicted molar refractivity (Wildman–Crippen MR) is 173 cm³/mol. The number of hydrogen-bond acceptors (Lipinski definition) is 7. The van der Waals surface area contributed by atoms with Crippen LogP contribution in [0.25, 0.3) is 0 Å². The molecule has 1 aliphatic heterocycles. The number of ketones is 1. The maximum absolute atomic E-state index is 13.3. The molecule has 0 aromatic heterocycles. The Hall–Kier alpha value is -2.06. The van der Waals surface area contributed by atoms with Crippen LogP contribution < -0.4 is 0 Å². The lowest BCUT2D eigenvalue weighted by Gasteiger charge is -2.68. The molecule has 7 rings (SSSR count). The Kier molecular flexibility index (Phi) is 7.57. The van der Waals surface area contributed by atoms with E-state index in [9.17, 15) is 24.9 Å². The van der Waals surface area contributed by atoms with Crippen molar-refractivity contribution < 1.29 is 34.4 Å². The van der Waals surface area contributed by atoms with Crippen LogP contribution in [0.4, 0.5) is 0 Å². The zero-order valence-electron chi connectivity index (χ0n) is 28.4. The van der Waals surface area contributed by atoms with E-state index in [1.54, 1.807) is 0 Å². The Labute approximate surface area is 274 Å². The van der Waals surface area contributed by atoms with Crippen LogP contribution in [-0.4, -0.2) is 59.1 Å². The highest BCUT2D eigenvalue weighted by molar-refractivity contribution is 5.85. The van der Waals surface area contributed by atoms with Crippen LogP contribution in [0.3, 0.4) is 0 Å². The number of carbonyl (C=O) groups excluding carboxylic acids is 2. The summed E-state index contributed by atoms with van der Waals surface area (Å²) in [7, 11) is 1.39. The molecular weight excluding hydrogens is 580 g/mol. The molecule has 1 heterocycles. The molecule has 6 aliphatic rings. The van der Waals surface area contributed by atoms with E-state index in [1.807, 2.05) is 6.07 Å². The van der Waals surface area contributed by atoms with Gasteiger partial charge in [-0.1, -0.05) is 62.8 Å². The molecule has 7 nitrogen and oxygen atoms in total. The van der Waals surface area contributed by atoms with Gasteiger partial charge in [-0.3, -0.25) is 9.59 Å². The van der Waals surface area contributed by atoms with E-state index < -0.39 is 24.2 Å². The third-order valence-electron chi connectivity index (χ3n) is 15.2. The van der Waals surface area contributed by atoms with Gasteiger partial charge in [0.15, 0.2) is 0 Å². The van der Waals surface area contributed by atoms with Crippen LogP contribution in [0.1, 0.15) is 104 Å². The van der Waals surface area contributed by atoms with Crippen LogP contribution >= 0.6 is 0 Å². The van der Waals surface area contributed by atoms with Gasteiger partial charge >= 0.3 is 5.97 Å². The van der Waals surface area contributed by atoms with Gasteiger partial charge in [-0.05, 0) is 97.9 Å². The van der Waals surface area contributed by atoms with E-state index in [1.165, 1.54) is 25.2 Å². The topological polar surface area (TPSA) is 113 Å². The molecule has 252 valence electrons. The summed E-state index contributed by atoms with van der Waals surface area (Å²) in [4.78, 5) is 26.4. The number of fused-ring (bicyclic) bond motifs is 5. The van der Waals surface area contributed by atoms with Crippen LogP contribution in [0.2, 0.25) is 0 Å². The third-order valence-corrected chi connectivity index (χ3v) is 15.2. The van der Waals surface area contributed by atoms with Crippen LogP contribution in [0.5, 0.6) is 0 Å². The van der Waals surface area contributed by atoms with Gasteiger partial charge in [0.1, 0.15) is 5.78 Å². The maximum Gasteiger partial charge on any atom is 0.309 e. The van der Waals surface area contributed by atoms with E-state index in [2.05, 4.69) is 51.1 Å². The quantitative estimate of drug-likeness (QED) is 0.239. The Bertz CT molecular complexity index is 1420. The first-order valence-corrected chi connectivity index (χ1v) is 17.7. The Morgan fingerprint density at radius 2 is 1.85 bits per heavy atom. The standard InChI is InChI=1S/C39H54O7/c1-34(44,22-40)20-26(41)18-27(33(43)45-5)28-12-16-39-21-38(28,39)15-13-30-35(2)14-11-25-17-29(24-9-7-6-8-10-24)46-23-36(25,3)31(35)19-32(42)37(30,39)4/h6-11,27-32,40,42,44H,12-23H2,1-5H3/t27-,28+,29+,30-,31-,32-,34-,35-,36+,37+,38-,39-/m1/s1. The molecule has 1 saturated heterocycles. The summed E-state index contributed by atoms with van der Waals surface area (Å²) in [5.41, 5.74) is 0.720. The minimum atomic E-state index is -1.50. The number of allylic oxidation sites excluding steroid dienone is 1. The highest BCUT2D eigenvalue weighted by Gasteiger charge is 2.85. The monoisotopic (exact) mass is 634 g/mol. The fraction of sp³-hybridized carbons (Fsp3) is 0.744. The average Bonchev–Trinajstić information content (AvgIpc) is 3.61. The summed E-state index contributed by atoms with van der Waals surface area (Å²) >= 11 is 0. The minimum absolute atomic E-state index is 0.00974. The number of ether oxygens (including phenoxy) is 2. The number of rotatable bonds is 8. The summed E-state index contributed by atoms with van der Waals surface area (Å²) in [6, 6.07) is 10.5. The smallest absolute Gasteiger partial charge is 0.309 e. The number of esters is 1. The number of methoxy groups -OCH3 is 1. The summed E-state index contributed by atoms with van der Waals surface area (Å²) in [5.74, 6) is -0.468. The van der Waals surface area contributed by atoms with Gasteiger partial charge in [-0.15, -0.1) is 0 Å². The largest absolute Gasteiger partial charge is 0.469 e. The zero-order valence-corrected chi connectivity index (χ0v) is 28.4. The first-order chi connectivity index (χ1) is 21.7. The molecule has 0 bridgehead atoms. The lowest BCUT2D eigenvalue weighted by Crippen LogP contribution is -2.65. The normalized spacial score (nSPS) is 45.8. The lowest BCUT2D eigenvalue weighted by atomic mass is 9.37. The second kappa shape index (κ2) is 10.7. The van der Waals surface area contributed by atoms with Crippen LogP contribution in [0.15, 0.2) is 42.0 Å². The van der Waals surface area contributed by atoms with E-state index in [0.717, 1.165) is 51.4 Å². The molecule has 0 unspecified atom stereocenters. The SMILES string of the molecule is COC(=O)[C@H](CC(=O)C[C@@](C)(O)CO)[C@@H]1CC[C@]23C[C@]12CC[C@@H]1[C@@]2(C)CC=C4C[C@@H](c5ccccc5)OC[C@]4(C)[C@@H]2C[C@@H](O)[C@]13C.